The predicted molar refractivity (Wildman–Crippen MR) is 187 cm³/mol. The number of carbonyl (C=O) groups excluding carboxylic acids is 1. The Morgan fingerprint density at radius 2 is 1.44 bits per heavy atom. The van der Waals surface area contributed by atoms with Crippen LogP contribution < -0.4 is 14.8 Å². The third-order valence-electron chi connectivity index (χ3n) is 7.97. The molecule has 0 radical (unpaired) electrons. The van der Waals surface area contributed by atoms with E-state index in [0.717, 1.165) is 48.3 Å². The van der Waals surface area contributed by atoms with Gasteiger partial charge < -0.3 is 23.8 Å². The van der Waals surface area contributed by atoms with E-state index >= 15 is 0 Å². The van der Waals surface area contributed by atoms with Crippen molar-refractivity contribution in [1.82, 2.24) is 20.5 Å². The van der Waals surface area contributed by atoms with Crippen molar-refractivity contribution < 1.29 is 23.3 Å². The quantitative estimate of drug-likeness (QED) is 0.107. The molecule has 2 aromatic heterocycles. The van der Waals surface area contributed by atoms with Crippen molar-refractivity contribution in [2.24, 2.45) is 0 Å². The van der Waals surface area contributed by atoms with Gasteiger partial charge in [0.05, 0.1) is 11.3 Å². The number of nitrogens with zero attached hydrogens (tertiary/aromatic N) is 3. The lowest BCUT2D eigenvalue weighted by atomic mass is 9.95. The highest BCUT2D eigenvalue weighted by Gasteiger charge is 2.30. The maximum Gasteiger partial charge on any atom is 0.274 e. The fraction of sp³-hybridized carbons (Fsp3) is 0.359. The Kier molecular flexibility index (Phi) is 12.0. The van der Waals surface area contributed by atoms with Crippen molar-refractivity contribution in [3.63, 3.8) is 0 Å². The summed E-state index contributed by atoms with van der Waals surface area (Å²) in [5.41, 5.74) is 4.98. The van der Waals surface area contributed by atoms with Crippen LogP contribution in [0, 0.1) is 0 Å². The van der Waals surface area contributed by atoms with Crippen LogP contribution in [0.4, 0.5) is 0 Å². The molecule has 1 amide bonds. The molecule has 252 valence electrons. The van der Waals surface area contributed by atoms with Crippen molar-refractivity contribution >= 4 is 5.91 Å². The number of ether oxygens (including phenoxy) is 2. The smallest absolute Gasteiger partial charge is 0.274 e. The molecule has 0 saturated heterocycles. The van der Waals surface area contributed by atoms with Crippen molar-refractivity contribution in [2.45, 2.75) is 73.1 Å². The summed E-state index contributed by atoms with van der Waals surface area (Å²) in [4.78, 5) is 15.7. The van der Waals surface area contributed by atoms with Gasteiger partial charge in [-0.25, -0.2) is 0 Å². The Labute approximate surface area is 283 Å². The summed E-state index contributed by atoms with van der Waals surface area (Å²) in [6.45, 7) is 14.1. The first-order chi connectivity index (χ1) is 23.4. The molecule has 0 bridgehead atoms. The van der Waals surface area contributed by atoms with E-state index in [4.69, 9.17) is 18.5 Å². The molecule has 0 aliphatic carbocycles. The van der Waals surface area contributed by atoms with Gasteiger partial charge in [0.2, 0.25) is 0 Å². The van der Waals surface area contributed by atoms with E-state index in [-0.39, 0.29) is 17.5 Å². The molecule has 3 aromatic carbocycles. The fourth-order valence-electron chi connectivity index (χ4n) is 5.66. The van der Waals surface area contributed by atoms with E-state index in [2.05, 4.69) is 48.2 Å². The Hall–Kier alpha value is -4.89. The van der Waals surface area contributed by atoms with E-state index in [1.807, 2.05) is 85.8 Å². The summed E-state index contributed by atoms with van der Waals surface area (Å²) in [6.07, 6.45) is 2.08. The summed E-state index contributed by atoms with van der Waals surface area (Å²) in [6, 6.07) is 25.8. The Morgan fingerprint density at radius 1 is 0.812 bits per heavy atom. The van der Waals surface area contributed by atoms with Gasteiger partial charge >= 0.3 is 0 Å². The summed E-state index contributed by atoms with van der Waals surface area (Å²) in [5, 5.41) is 11.5. The first-order valence-corrected chi connectivity index (χ1v) is 16.9. The van der Waals surface area contributed by atoms with Gasteiger partial charge in [-0.05, 0) is 61.5 Å². The highest BCUT2D eigenvalue weighted by atomic mass is 16.5. The number of amides is 1. The largest absolute Gasteiger partial charge is 0.488 e. The van der Waals surface area contributed by atoms with Crippen molar-refractivity contribution in [1.29, 1.82) is 0 Å². The predicted octanol–water partition coefficient (Wildman–Crippen LogP) is 8.65. The lowest BCUT2D eigenvalue weighted by molar-refractivity contribution is 0.0947. The molecule has 5 aromatic rings. The van der Waals surface area contributed by atoms with Crippen LogP contribution in [-0.4, -0.2) is 40.8 Å². The number of nitrogens with one attached hydrogen (secondary N) is 1. The van der Waals surface area contributed by atoms with Crippen LogP contribution in [0.5, 0.6) is 11.5 Å². The average Bonchev–Trinajstić information content (AvgIpc) is 3.75. The molecule has 0 atom stereocenters. The molecule has 0 aliphatic heterocycles. The van der Waals surface area contributed by atoms with Crippen LogP contribution in [0.1, 0.15) is 86.3 Å². The van der Waals surface area contributed by atoms with Crippen LogP contribution in [-0.2, 0) is 19.8 Å². The zero-order chi connectivity index (χ0) is 33.9. The second kappa shape index (κ2) is 16.8. The second-order valence-corrected chi connectivity index (χ2v) is 12.1. The van der Waals surface area contributed by atoms with Crippen molar-refractivity contribution in [3.05, 3.63) is 107 Å². The molecular formula is C39H46N4O5. The highest BCUT2D eigenvalue weighted by molar-refractivity contribution is 6.01. The molecule has 48 heavy (non-hydrogen) atoms. The minimum atomic E-state index is -0.363. The molecule has 5 rings (SSSR count). The Bertz CT molecular complexity index is 1740. The molecule has 9 heteroatoms. The summed E-state index contributed by atoms with van der Waals surface area (Å²) in [5.74, 6) is 1.74. The summed E-state index contributed by atoms with van der Waals surface area (Å²) < 4.78 is 24.9. The van der Waals surface area contributed by atoms with Gasteiger partial charge in [0, 0.05) is 25.2 Å². The van der Waals surface area contributed by atoms with Gasteiger partial charge in [0.25, 0.3) is 5.91 Å². The molecule has 0 spiro atoms. The van der Waals surface area contributed by atoms with E-state index in [1.165, 1.54) is 0 Å². The molecule has 0 fully saturated rings. The topological polar surface area (TPSA) is 103 Å². The number of carbonyl (C=O) groups is 1. The molecule has 9 nitrogen and oxygen atoms in total. The third kappa shape index (κ3) is 8.52. The van der Waals surface area contributed by atoms with Gasteiger partial charge in [-0.1, -0.05) is 98.7 Å². The number of benzene rings is 3. The zero-order valence-corrected chi connectivity index (χ0v) is 28.6. The summed E-state index contributed by atoms with van der Waals surface area (Å²) in [7, 11) is 0. The van der Waals surface area contributed by atoms with E-state index < -0.39 is 0 Å². The van der Waals surface area contributed by atoms with Gasteiger partial charge in [-0.15, -0.1) is 0 Å². The van der Waals surface area contributed by atoms with Crippen LogP contribution in [0.25, 0.3) is 22.6 Å². The number of hydrogen-bond donors (Lipinski definition) is 1. The Morgan fingerprint density at radius 3 is 2.02 bits per heavy atom. The van der Waals surface area contributed by atoms with Gasteiger partial charge in [-0.2, -0.15) is 0 Å². The average molecular weight is 651 g/mol. The third-order valence-corrected chi connectivity index (χ3v) is 7.97. The molecule has 0 saturated carbocycles. The zero-order valence-electron chi connectivity index (χ0n) is 28.6. The fourth-order valence-corrected chi connectivity index (χ4v) is 5.66. The van der Waals surface area contributed by atoms with E-state index in [1.54, 1.807) is 0 Å². The number of hydrogen-bond acceptors (Lipinski definition) is 8. The first kappa shape index (κ1) is 34.4. The van der Waals surface area contributed by atoms with Crippen molar-refractivity contribution in [3.8, 4) is 34.1 Å². The molecular weight excluding hydrogens is 604 g/mol. The van der Waals surface area contributed by atoms with Gasteiger partial charge in [0.15, 0.2) is 17.2 Å². The molecule has 2 heterocycles. The molecule has 0 aliphatic rings. The Balaban J connectivity index is 1.61. The molecule has 1 N–H and O–H groups in total. The standard InChI is InChI=1S/C39H46N4O5/c1-6-19-43(20-7-2)24-30-21-35(47-41-30)36-37(39(44)40-8-3)42-48-38(36)32-22-31(27(4)5)33(45-25-28-15-11-9-12-16-28)23-34(32)46-26-29-17-13-10-14-18-29/h9-18,21-23,27H,6-8,19-20,24-26H2,1-5H3,(H,40,44). The second-order valence-electron chi connectivity index (χ2n) is 12.1. The van der Waals surface area contributed by atoms with Crippen LogP contribution in [0.2, 0.25) is 0 Å². The lowest BCUT2D eigenvalue weighted by Crippen LogP contribution is -2.25. The molecule has 0 unspecified atom stereocenters. The lowest BCUT2D eigenvalue weighted by Gasteiger charge is -2.19. The maximum absolute atomic E-state index is 13.3. The monoisotopic (exact) mass is 650 g/mol. The minimum Gasteiger partial charge on any atom is -0.488 e. The van der Waals surface area contributed by atoms with Crippen LogP contribution in [0.15, 0.2) is 87.9 Å². The normalized spacial score (nSPS) is 11.3. The maximum atomic E-state index is 13.3. The van der Waals surface area contributed by atoms with Gasteiger partial charge in [-0.3, -0.25) is 9.69 Å². The first-order valence-electron chi connectivity index (χ1n) is 16.9. The number of aromatic nitrogens is 2. The van der Waals surface area contributed by atoms with E-state index in [9.17, 15) is 4.79 Å². The van der Waals surface area contributed by atoms with Crippen molar-refractivity contribution in [2.75, 3.05) is 19.6 Å². The van der Waals surface area contributed by atoms with Gasteiger partial charge in [0.1, 0.15) is 30.3 Å². The summed E-state index contributed by atoms with van der Waals surface area (Å²) >= 11 is 0. The van der Waals surface area contributed by atoms with Crippen LogP contribution in [0.3, 0.4) is 0 Å². The van der Waals surface area contributed by atoms with E-state index in [0.29, 0.717) is 60.4 Å². The highest BCUT2D eigenvalue weighted by Crippen LogP contribution is 2.44. The SMILES string of the molecule is CCCN(CCC)Cc1cc(-c2c(C(=O)NCC)noc2-c2cc(C(C)C)c(OCc3ccccc3)cc2OCc2ccccc2)on1. The number of rotatable bonds is 17. The minimum absolute atomic E-state index is 0.104. The van der Waals surface area contributed by atoms with Crippen LogP contribution >= 0.6 is 0 Å².